The smallest absolute Gasteiger partial charge is 0.0696 e. The van der Waals surface area contributed by atoms with Gasteiger partial charge in [-0.3, -0.25) is 0 Å². The first-order chi connectivity index (χ1) is 21.7. The van der Waals surface area contributed by atoms with Crippen LogP contribution >= 0.6 is 0 Å². The van der Waals surface area contributed by atoms with Crippen molar-refractivity contribution < 1.29 is 0 Å². The minimum atomic E-state index is 0.159. The molecule has 0 spiro atoms. The van der Waals surface area contributed by atoms with E-state index in [1.165, 1.54) is 71.3 Å². The molecule has 8 rings (SSSR count). The number of nitrogens with one attached hydrogen (secondary N) is 1. The van der Waals surface area contributed by atoms with Crippen molar-refractivity contribution in [2.75, 3.05) is 0 Å². The maximum absolute atomic E-state index is 3.97. The molecule has 44 heavy (non-hydrogen) atoms. The minimum Gasteiger partial charge on any atom is -0.381 e. The van der Waals surface area contributed by atoms with Gasteiger partial charge in [0.05, 0.1) is 17.1 Å². The molecule has 0 amide bonds. The number of fused-ring (bicyclic) bond motifs is 6. The average Bonchev–Trinajstić information content (AvgIpc) is 3.43. The van der Waals surface area contributed by atoms with Crippen molar-refractivity contribution in [3.05, 3.63) is 170 Å². The lowest BCUT2D eigenvalue weighted by molar-refractivity contribution is 0.747. The van der Waals surface area contributed by atoms with Gasteiger partial charge in [0.2, 0.25) is 0 Å². The van der Waals surface area contributed by atoms with Gasteiger partial charge in [0.25, 0.3) is 0 Å². The lowest BCUT2D eigenvalue weighted by Gasteiger charge is -2.17. The number of benzene rings is 6. The van der Waals surface area contributed by atoms with Crippen LogP contribution in [0.4, 0.5) is 0 Å². The lowest BCUT2D eigenvalue weighted by atomic mass is 9.96. The second-order valence-electron chi connectivity index (χ2n) is 11.5. The van der Waals surface area contributed by atoms with Crippen molar-refractivity contribution in [3.63, 3.8) is 0 Å². The third-order valence-electron chi connectivity index (χ3n) is 8.97. The molecule has 1 atom stereocenters. The molecule has 0 fully saturated rings. The number of allylic oxidation sites excluding steroid dienone is 5. The van der Waals surface area contributed by atoms with Crippen molar-refractivity contribution >= 4 is 48.9 Å². The average molecular weight is 565 g/mol. The fourth-order valence-electron chi connectivity index (χ4n) is 6.73. The van der Waals surface area contributed by atoms with Gasteiger partial charge < -0.3 is 9.88 Å². The van der Waals surface area contributed by atoms with Crippen LogP contribution < -0.4 is 5.32 Å². The zero-order valence-corrected chi connectivity index (χ0v) is 24.7. The fourth-order valence-corrected chi connectivity index (χ4v) is 6.73. The van der Waals surface area contributed by atoms with Gasteiger partial charge in [-0.15, -0.1) is 0 Å². The van der Waals surface area contributed by atoms with Crippen LogP contribution in [0.3, 0.4) is 0 Å². The molecule has 1 unspecified atom stereocenters. The highest BCUT2D eigenvalue weighted by atomic mass is 15.0. The Balaban J connectivity index is 1.29. The molecule has 0 radical (unpaired) electrons. The van der Waals surface area contributed by atoms with Crippen LogP contribution in [0.15, 0.2) is 158 Å². The number of nitrogens with zero attached hydrogens (tertiary/aromatic N) is 1. The third kappa shape index (κ3) is 4.27. The summed E-state index contributed by atoms with van der Waals surface area (Å²) in [5.41, 5.74) is 9.67. The molecule has 0 aliphatic carbocycles. The monoisotopic (exact) mass is 564 g/mol. The number of para-hydroxylation sites is 1. The first-order valence-corrected chi connectivity index (χ1v) is 15.2. The van der Waals surface area contributed by atoms with E-state index in [2.05, 4.69) is 157 Å². The zero-order chi connectivity index (χ0) is 29.6. The van der Waals surface area contributed by atoms with Crippen LogP contribution in [0.2, 0.25) is 0 Å². The predicted octanol–water partition coefficient (Wildman–Crippen LogP) is 11.1. The Morgan fingerprint density at radius 3 is 2.23 bits per heavy atom. The highest BCUT2D eigenvalue weighted by Crippen LogP contribution is 2.39. The van der Waals surface area contributed by atoms with Crippen LogP contribution in [-0.2, 0) is 0 Å². The van der Waals surface area contributed by atoms with E-state index in [9.17, 15) is 0 Å². The molecule has 2 heteroatoms. The van der Waals surface area contributed by atoms with Crippen LogP contribution in [0.5, 0.6) is 0 Å². The van der Waals surface area contributed by atoms with E-state index < -0.39 is 0 Å². The van der Waals surface area contributed by atoms with E-state index in [1.807, 2.05) is 18.4 Å². The van der Waals surface area contributed by atoms with E-state index in [-0.39, 0.29) is 6.04 Å². The van der Waals surface area contributed by atoms with Gasteiger partial charge >= 0.3 is 0 Å². The van der Waals surface area contributed by atoms with Crippen LogP contribution in [0.1, 0.15) is 24.1 Å². The largest absolute Gasteiger partial charge is 0.381 e. The molecule has 1 aliphatic heterocycles. The molecule has 0 bridgehead atoms. The molecule has 1 N–H and O–H groups in total. The first kappa shape index (κ1) is 26.1. The second kappa shape index (κ2) is 10.6. The SMILES string of the molecule is C=C/C(=C\C)c1ccc2cc(-c3ccc4c(ccc5c6ccc(C7C=CC=CN7)cc6n(-c6ccccc6)c45)c3)ccc2c1. The van der Waals surface area contributed by atoms with Crippen molar-refractivity contribution in [2.24, 2.45) is 0 Å². The van der Waals surface area contributed by atoms with Crippen LogP contribution in [-0.4, -0.2) is 4.57 Å². The van der Waals surface area contributed by atoms with Gasteiger partial charge in [-0.1, -0.05) is 110 Å². The van der Waals surface area contributed by atoms with Crippen molar-refractivity contribution in [3.8, 4) is 16.8 Å². The molecule has 210 valence electrons. The van der Waals surface area contributed by atoms with Crippen molar-refractivity contribution in [1.82, 2.24) is 9.88 Å². The molecule has 1 aliphatic rings. The van der Waals surface area contributed by atoms with Crippen LogP contribution in [0.25, 0.3) is 65.7 Å². The Hall–Kier alpha value is -5.60. The summed E-state index contributed by atoms with van der Waals surface area (Å²) in [6.45, 7) is 6.02. The fraction of sp³-hybridized carbons (Fsp3) is 0.0476. The quantitative estimate of drug-likeness (QED) is 0.206. The molecule has 2 heterocycles. The highest BCUT2D eigenvalue weighted by Gasteiger charge is 2.18. The Morgan fingerprint density at radius 2 is 1.43 bits per heavy atom. The van der Waals surface area contributed by atoms with E-state index >= 15 is 0 Å². The minimum absolute atomic E-state index is 0.159. The summed E-state index contributed by atoms with van der Waals surface area (Å²) in [5.74, 6) is 0. The standard InChI is InChI=1S/C42H32N2/c1-3-28(4-2)29-13-14-31-25-32(16-15-30(31)24-29)33-17-20-37-34(26-33)18-22-39-38-21-19-35(40-12-8-9-23-43-40)27-41(38)44(42(37)39)36-10-6-5-7-11-36/h3-27,40,43H,1H2,2H3/b28-4+. The van der Waals surface area contributed by atoms with E-state index in [4.69, 9.17) is 0 Å². The number of hydrogen-bond donors (Lipinski definition) is 1. The number of rotatable bonds is 5. The van der Waals surface area contributed by atoms with Gasteiger partial charge in [0.15, 0.2) is 0 Å². The summed E-state index contributed by atoms with van der Waals surface area (Å²) in [6.07, 6.45) is 12.4. The molecule has 6 aromatic carbocycles. The Morgan fingerprint density at radius 1 is 0.705 bits per heavy atom. The number of hydrogen-bond acceptors (Lipinski definition) is 1. The second-order valence-corrected chi connectivity index (χ2v) is 11.5. The Kier molecular flexibility index (Phi) is 6.27. The molecule has 1 aromatic heterocycles. The van der Waals surface area contributed by atoms with Crippen LogP contribution in [0, 0.1) is 0 Å². The maximum atomic E-state index is 3.97. The van der Waals surface area contributed by atoms with E-state index in [1.54, 1.807) is 0 Å². The predicted molar refractivity (Wildman–Crippen MR) is 189 cm³/mol. The summed E-state index contributed by atoms with van der Waals surface area (Å²) in [4.78, 5) is 0. The number of dihydropyridines is 1. The normalized spacial score (nSPS) is 14.9. The van der Waals surface area contributed by atoms with Gasteiger partial charge in [0.1, 0.15) is 0 Å². The summed E-state index contributed by atoms with van der Waals surface area (Å²) in [7, 11) is 0. The number of aromatic nitrogens is 1. The molecule has 7 aromatic rings. The third-order valence-corrected chi connectivity index (χ3v) is 8.97. The van der Waals surface area contributed by atoms with Gasteiger partial charge in [0, 0.05) is 21.8 Å². The van der Waals surface area contributed by atoms with Crippen molar-refractivity contribution in [2.45, 2.75) is 13.0 Å². The summed E-state index contributed by atoms with van der Waals surface area (Å²) in [6, 6.07) is 42.7. The Labute approximate surface area is 257 Å². The molecule has 2 nitrogen and oxygen atoms in total. The molecule has 0 saturated heterocycles. The van der Waals surface area contributed by atoms with E-state index in [0.717, 1.165) is 5.57 Å². The van der Waals surface area contributed by atoms with Gasteiger partial charge in [-0.25, -0.2) is 0 Å². The van der Waals surface area contributed by atoms with Gasteiger partial charge in [-0.2, -0.15) is 0 Å². The zero-order valence-electron chi connectivity index (χ0n) is 24.7. The highest BCUT2D eigenvalue weighted by molar-refractivity contribution is 6.19. The van der Waals surface area contributed by atoms with E-state index in [0.29, 0.717) is 0 Å². The lowest BCUT2D eigenvalue weighted by Crippen LogP contribution is -2.14. The Bertz CT molecular complexity index is 2330. The molecular weight excluding hydrogens is 532 g/mol. The first-order valence-electron chi connectivity index (χ1n) is 15.2. The topological polar surface area (TPSA) is 17.0 Å². The maximum Gasteiger partial charge on any atom is 0.0696 e. The molecular formula is C42H32N2. The van der Waals surface area contributed by atoms with Crippen molar-refractivity contribution in [1.29, 1.82) is 0 Å². The van der Waals surface area contributed by atoms with Gasteiger partial charge in [-0.05, 0) is 99.6 Å². The summed E-state index contributed by atoms with van der Waals surface area (Å²) in [5, 5.41) is 11.0. The summed E-state index contributed by atoms with van der Waals surface area (Å²) < 4.78 is 2.44. The molecule has 0 saturated carbocycles. The summed E-state index contributed by atoms with van der Waals surface area (Å²) >= 11 is 0.